The first-order valence-electron chi connectivity index (χ1n) is 6.24. The van der Waals surface area contributed by atoms with Gasteiger partial charge in [0.2, 0.25) is 5.91 Å². The third kappa shape index (κ3) is 2.47. The third-order valence-electron chi connectivity index (χ3n) is 3.15. The summed E-state index contributed by atoms with van der Waals surface area (Å²) in [7, 11) is 0. The van der Waals surface area contributed by atoms with E-state index >= 15 is 0 Å². The molecule has 2 aromatic rings. The van der Waals surface area contributed by atoms with Gasteiger partial charge in [0, 0.05) is 17.6 Å². The van der Waals surface area contributed by atoms with Crippen molar-refractivity contribution in [3.05, 3.63) is 30.5 Å². The van der Waals surface area contributed by atoms with Crippen LogP contribution in [0.1, 0.15) is 20.3 Å². The Bertz CT molecular complexity index is 559. The Morgan fingerprint density at radius 2 is 2.22 bits per heavy atom. The zero-order valence-electron chi connectivity index (χ0n) is 10.8. The molecule has 0 aliphatic rings. The molecular formula is C14H19N3O. The third-order valence-corrected chi connectivity index (χ3v) is 3.15. The summed E-state index contributed by atoms with van der Waals surface area (Å²) < 4.78 is 1.89. The molecule has 3 N–H and O–H groups in total. The van der Waals surface area contributed by atoms with Crippen molar-refractivity contribution in [3.8, 4) is 0 Å². The maximum atomic E-state index is 11.9. The summed E-state index contributed by atoms with van der Waals surface area (Å²) in [6.45, 7) is 4.36. The highest BCUT2D eigenvalue weighted by molar-refractivity contribution is 5.91. The van der Waals surface area contributed by atoms with Gasteiger partial charge in [0.15, 0.2) is 0 Å². The molecule has 1 aromatic carbocycles. The van der Waals surface area contributed by atoms with Crippen LogP contribution in [-0.2, 0) is 11.3 Å². The number of para-hydroxylation sites is 1. The standard InChI is InChI=1S/C14H19N3O/c1-3-10(2)16-13(18)9-17-8-7-11-5-4-6-12(15)14(11)17/h4-8,10H,3,9,15H2,1-2H3,(H,16,18). The number of amides is 1. The Balaban J connectivity index is 2.19. The van der Waals surface area contributed by atoms with Crippen molar-refractivity contribution in [1.29, 1.82) is 0 Å². The van der Waals surface area contributed by atoms with Gasteiger partial charge in [0.1, 0.15) is 6.54 Å². The van der Waals surface area contributed by atoms with Gasteiger partial charge in [-0.05, 0) is 25.5 Å². The molecule has 2 rings (SSSR count). The van der Waals surface area contributed by atoms with Crippen molar-refractivity contribution < 1.29 is 4.79 Å². The van der Waals surface area contributed by atoms with Crippen LogP contribution < -0.4 is 11.1 Å². The molecule has 1 aromatic heterocycles. The van der Waals surface area contributed by atoms with Gasteiger partial charge in [-0.15, -0.1) is 0 Å². The molecule has 1 atom stereocenters. The molecule has 0 saturated carbocycles. The fraction of sp³-hybridized carbons (Fsp3) is 0.357. The highest BCUT2D eigenvalue weighted by Gasteiger charge is 2.09. The van der Waals surface area contributed by atoms with E-state index in [2.05, 4.69) is 5.32 Å². The molecular weight excluding hydrogens is 226 g/mol. The Hall–Kier alpha value is -1.97. The van der Waals surface area contributed by atoms with Gasteiger partial charge in [-0.2, -0.15) is 0 Å². The molecule has 1 heterocycles. The second-order valence-corrected chi connectivity index (χ2v) is 4.61. The van der Waals surface area contributed by atoms with Gasteiger partial charge >= 0.3 is 0 Å². The monoisotopic (exact) mass is 245 g/mol. The SMILES string of the molecule is CCC(C)NC(=O)Cn1ccc2cccc(N)c21. The van der Waals surface area contributed by atoms with Gasteiger partial charge in [0.25, 0.3) is 0 Å². The van der Waals surface area contributed by atoms with Crippen molar-refractivity contribution in [2.75, 3.05) is 5.73 Å². The number of nitrogens with zero attached hydrogens (tertiary/aromatic N) is 1. The second kappa shape index (κ2) is 5.12. The number of carbonyl (C=O) groups is 1. The number of carbonyl (C=O) groups excluding carboxylic acids is 1. The maximum absolute atomic E-state index is 11.9. The smallest absolute Gasteiger partial charge is 0.240 e. The number of benzene rings is 1. The average Bonchev–Trinajstić information content (AvgIpc) is 2.73. The lowest BCUT2D eigenvalue weighted by atomic mass is 10.2. The minimum atomic E-state index is 0.0186. The fourth-order valence-electron chi connectivity index (χ4n) is 2.00. The first-order valence-corrected chi connectivity index (χ1v) is 6.24. The van der Waals surface area contributed by atoms with Gasteiger partial charge in [0.05, 0.1) is 11.2 Å². The van der Waals surface area contributed by atoms with Crippen molar-refractivity contribution in [2.24, 2.45) is 0 Å². The largest absolute Gasteiger partial charge is 0.397 e. The molecule has 0 radical (unpaired) electrons. The number of nitrogen functional groups attached to an aromatic ring is 1. The van der Waals surface area contributed by atoms with Crippen molar-refractivity contribution in [3.63, 3.8) is 0 Å². The van der Waals surface area contributed by atoms with Crippen molar-refractivity contribution >= 4 is 22.5 Å². The lowest BCUT2D eigenvalue weighted by Gasteiger charge is -2.12. The summed E-state index contributed by atoms with van der Waals surface area (Å²) in [4.78, 5) is 11.9. The number of aromatic nitrogens is 1. The summed E-state index contributed by atoms with van der Waals surface area (Å²) in [5, 5.41) is 4.01. The Kier molecular flexibility index (Phi) is 3.55. The minimum Gasteiger partial charge on any atom is -0.397 e. The van der Waals surface area contributed by atoms with Crippen LogP contribution in [0.3, 0.4) is 0 Å². The molecule has 0 aliphatic carbocycles. The minimum absolute atomic E-state index is 0.0186. The van der Waals surface area contributed by atoms with Gasteiger partial charge < -0.3 is 15.6 Å². The number of anilines is 1. The van der Waals surface area contributed by atoms with Crippen LogP contribution >= 0.6 is 0 Å². The van der Waals surface area contributed by atoms with Gasteiger partial charge in [-0.25, -0.2) is 0 Å². The number of nitrogens with two attached hydrogens (primary N) is 1. The van der Waals surface area contributed by atoms with Crippen LogP contribution in [0.2, 0.25) is 0 Å². The van der Waals surface area contributed by atoms with E-state index in [1.54, 1.807) is 0 Å². The molecule has 0 aliphatic heterocycles. The Labute approximate surface area is 107 Å². The van der Waals surface area contributed by atoms with E-state index in [1.807, 2.05) is 48.9 Å². The molecule has 1 unspecified atom stereocenters. The summed E-state index contributed by atoms with van der Waals surface area (Å²) in [6, 6.07) is 7.94. The first-order chi connectivity index (χ1) is 8.61. The van der Waals surface area contributed by atoms with E-state index in [9.17, 15) is 4.79 Å². The van der Waals surface area contributed by atoms with Gasteiger partial charge in [-0.1, -0.05) is 19.1 Å². The van der Waals surface area contributed by atoms with Crippen molar-refractivity contribution in [2.45, 2.75) is 32.9 Å². The van der Waals surface area contributed by atoms with Crippen molar-refractivity contribution in [1.82, 2.24) is 9.88 Å². The van der Waals surface area contributed by atoms with E-state index in [1.165, 1.54) is 0 Å². The summed E-state index contributed by atoms with van der Waals surface area (Å²) in [5.74, 6) is 0.0186. The highest BCUT2D eigenvalue weighted by Crippen LogP contribution is 2.21. The average molecular weight is 245 g/mol. The summed E-state index contributed by atoms with van der Waals surface area (Å²) in [6.07, 6.45) is 2.83. The molecule has 0 fully saturated rings. The maximum Gasteiger partial charge on any atom is 0.240 e. The van der Waals surface area contributed by atoms with E-state index in [0.717, 1.165) is 17.3 Å². The van der Waals surface area contributed by atoms with E-state index in [0.29, 0.717) is 12.2 Å². The molecule has 4 nitrogen and oxygen atoms in total. The number of rotatable bonds is 4. The molecule has 1 amide bonds. The zero-order chi connectivity index (χ0) is 13.1. The van der Waals surface area contributed by atoms with Crippen LogP contribution in [0.4, 0.5) is 5.69 Å². The number of fused-ring (bicyclic) bond motifs is 1. The lowest BCUT2D eigenvalue weighted by molar-refractivity contribution is -0.122. The molecule has 96 valence electrons. The van der Waals surface area contributed by atoms with Crippen LogP contribution in [0.5, 0.6) is 0 Å². The predicted octanol–water partition coefficient (Wildman–Crippen LogP) is 2.14. The van der Waals surface area contributed by atoms with Gasteiger partial charge in [-0.3, -0.25) is 4.79 Å². The lowest BCUT2D eigenvalue weighted by Crippen LogP contribution is -2.34. The van der Waals surface area contributed by atoms with Crippen LogP contribution in [0, 0.1) is 0 Å². The van der Waals surface area contributed by atoms with Crippen LogP contribution in [0.25, 0.3) is 10.9 Å². The second-order valence-electron chi connectivity index (χ2n) is 4.61. The molecule has 0 bridgehead atoms. The first kappa shape index (κ1) is 12.5. The molecule has 4 heteroatoms. The molecule has 18 heavy (non-hydrogen) atoms. The molecule has 0 saturated heterocycles. The van der Waals surface area contributed by atoms with E-state index in [4.69, 9.17) is 5.73 Å². The Morgan fingerprint density at radius 3 is 2.94 bits per heavy atom. The number of nitrogens with one attached hydrogen (secondary N) is 1. The van der Waals surface area contributed by atoms with E-state index < -0.39 is 0 Å². The van der Waals surface area contributed by atoms with E-state index in [-0.39, 0.29) is 11.9 Å². The topological polar surface area (TPSA) is 60.0 Å². The molecule has 0 spiro atoms. The number of hydrogen-bond donors (Lipinski definition) is 2. The summed E-state index contributed by atoms with van der Waals surface area (Å²) in [5.41, 5.74) is 7.58. The highest BCUT2D eigenvalue weighted by atomic mass is 16.2. The Morgan fingerprint density at radius 1 is 1.44 bits per heavy atom. The van der Waals surface area contributed by atoms with Crippen LogP contribution in [0.15, 0.2) is 30.5 Å². The zero-order valence-corrected chi connectivity index (χ0v) is 10.8. The van der Waals surface area contributed by atoms with Crippen LogP contribution in [-0.4, -0.2) is 16.5 Å². The summed E-state index contributed by atoms with van der Waals surface area (Å²) >= 11 is 0. The predicted molar refractivity (Wildman–Crippen MR) is 74.2 cm³/mol. The number of hydrogen-bond acceptors (Lipinski definition) is 2. The quantitative estimate of drug-likeness (QED) is 0.811. The fourth-order valence-corrected chi connectivity index (χ4v) is 2.00. The normalized spacial score (nSPS) is 12.6.